The number of carbonyl (C=O) groups is 1. The summed E-state index contributed by atoms with van der Waals surface area (Å²) in [6.45, 7) is 2.24. The number of para-hydroxylation sites is 1. The number of ether oxygens (including phenoxy) is 1. The minimum Gasteiger partial charge on any atom is -0.493 e. The Hall–Kier alpha value is -3.03. The first-order valence-electron chi connectivity index (χ1n) is 9.61. The van der Waals surface area contributed by atoms with Gasteiger partial charge in [0, 0.05) is 17.4 Å². The van der Waals surface area contributed by atoms with Crippen LogP contribution in [0.2, 0.25) is 0 Å². The van der Waals surface area contributed by atoms with Crippen molar-refractivity contribution < 1.29 is 14.6 Å². The van der Waals surface area contributed by atoms with E-state index in [1.807, 2.05) is 67.6 Å². The van der Waals surface area contributed by atoms with Gasteiger partial charge in [0.05, 0.1) is 17.2 Å². The van der Waals surface area contributed by atoms with E-state index >= 15 is 0 Å². The maximum atomic E-state index is 12.9. The van der Waals surface area contributed by atoms with Crippen molar-refractivity contribution in [3.05, 3.63) is 74.6 Å². The van der Waals surface area contributed by atoms with E-state index in [-0.39, 0.29) is 5.88 Å². The van der Waals surface area contributed by atoms with Crippen LogP contribution in [0.25, 0.3) is 11.6 Å². The highest BCUT2D eigenvalue weighted by atomic mass is 32.1. The summed E-state index contributed by atoms with van der Waals surface area (Å²) >= 11 is 6.79. The average molecular weight is 437 g/mol. The van der Waals surface area contributed by atoms with E-state index in [9.17, 15) is 9.90 Å². The molecule has 7 heteroatoms. The van der Waals surface area contributed by atoms with Crippen molar-refractivity contribution in [3.63, 3.8) is 0 Å². The summed E-state index contributed by atoms with van der Waals surface area (Å²) in [7, 11) is 0. The second-order valence-corrected chi connectivity index (χ2v) is 8.46. The van der Waals surface area contributed by atoms with Crippen LogP contribution in [0.15, 0.2) is 59.6 Å². The monoisotopic (exact) mass is 436 g/mol. The number of aromatic hydroxyl groups is 1. The van der Waals surface area contributed by atoms with Gasteiger partial charge in [-0.05, 0) is 36.3 Å². The van der Waals surface area contributed by atoms with Gasteiger partial charge in [-0.1, -0.05) is 55.5 Å². The van der Waals surface area contributed by atoms with Crippen LogP contribution in [0, 0.1) is 3.95 Å². The number of nitrogens with zero attached hydrogens (tertiary/aromatic N) is 2. The predicted molar refractivity (Wildman–Crippen MR) is 123 cm³/mol. The van der Waals surface area contributed by atoms with Gasteiger partial charge in [0.1, 0.15) is 0 Å². The number of benzene rings is 2. The number of hydrogen-bond donors (Lipinski definition) is 1. The zero-order chi connectivity index (χ0) is 21.1. The molecule has 30 heavy (non-hydrogen) atoms. The van der Waals surface area contributed by atoms with Gasteiger partial charge in [-0.2, -0.15) is 0 Å². The molecule has 0 saturated heterocycles. The van der Waals surface area contributed by atoms with Crippen LogP contribution in [0.3, 0.4) is 0 Å². The first kappa shape index (κ1) is 20.3. The quantitative estimate of drug-likeness (QED) is 0.393. The number of rotatable bonds is 6. The zero-order valence-corrected chi connectivity index (χ0v) is 18.0. The topological polar surface area (TPSA) is 63.8 Å². The van der Waals surface area contributed by atoms with Gasteiger partial charge in [-0.3, -0.25) is 9.56 Å². The van der Waals surface area contributed by atoms with Crippen molar-refractivity contribution in [2.75, 3.05) is 6.61 Å². The molecule has 2 heterocycles. The molecule has 0 radical (unpaired) electrons. The number of carbonyl (C=O) groups excluding carboxylic acids is 1. The van der Waals surface area contributed by atoms with E-state index in [1.165, 1.54) is 15.9 Å². The molecule has 5 nitrogen and oxygen atoms in total. The van der Waals surface area contributed by atoms with Crippen LogP contribution >= 0.6 is 23.6 Å². The second kappa shape index (κ2) is 8.77. The van der Waals surface area contributed by atoms with Crippen LogP contribution in [-0.4, -0.2) is 28.5 Å². The Morgan fingerprint density at radius 2 is 1.97 bits per heavy atom. The normalized spacial score (nSPS) is 14.6. The van der Waals surface area contributed by atoms with Gasteiger partial charge in [-0.15, -0.1) is 11.3 Å². The Labute approximate surface area is 183 Å². The molecule has 0 bridgehead atoms. The molecule has 1 atom stereocenters. The SMILES string of the molecule is CCCOC(=O)C(c1ccccc1)n1c(O)c(/C=C2\C=Nc3ccccc32)sc1=S. The third kappa shape index (κ3) is 3.86. The van der Waals surface area contributed by atoms with Crippen LogP contribution < -0.4 is 0 Å². The number of hydrogen-bond acceptors (Lipinski definition) is 6. The molecular formula is C23H20N2O3S2. The molecule has 2 aromatic carbocycles. The Morgan fingerprint density at radius 1 is 1.23 bits per heavy atom. The van der Waals surface area contributed by atoms with E-state index in [2.05, 4.69) is 4.99 Å². The first-order valence-corrected chi connectivity index (χ1v) is 10.8. The Bertz CT molecular complexity index is 1190. The van der Waals surface area contributed by atoms with Crippen LogP contribution in [0.1, 0.15) is 35.4 Å². The highest BCUT2D eigenvalue weighted by Gasteiger charge is 2.29. The smallest absolute Gasteiger partial charge is 0.334 e. The largest absolute Gasteiger partial charge is 0.493 e. The summed E-state index contributed by atoms with van der Waals surface area (Å²) in [6, 6.07) is 16.2. The lowest BCUT2D eigenvalue weighted by Gasteiger charge is -2.18. The van der Waals surface area contributed by atoms with Crippen molar-refractivity contribution >= 4 is 53.1 Å². The zero-order valence-electron chi connectivity index (χ0n) is 16.3. The third-order valence-corrected chi connectivity index (χ3v) is 6.07. The summed E-state index contributed by atoms with van der Waals surface area (Å²) in [4.78, 5) is 17.9. The predicted octanol–water partition coefficient (Wildman–Crippen LogP) is 5.78. The van der Waals surface area contributed by atoms with Crippen molar-refractivity contribution in [2.45, 2.75) is 19.4 Å². The Balaban J connectivity index is 1.78. The van der Waals surface area contributed by atoms with Gasteiger partial charge in [-0.25, -0.2) is 4.79 Å². The molecule has 4 rings (SSSR count). The van der Waals surface area contributed by atoms with Crippen LogP contribution in [0.4, 0.5) is 5.69 Å². The fourth-order valence-electron chi connectivity index (χ4n) is 3.32. The number of allylic oxidation sites excluding steroid dienone is 1. The third-order valence-electron chi connectivity index (χ3n) is 4.73. The minimum atomic E-state index is -0.849. The van der Waals surface area contributed by atoms with E-state index in [4.69, 9.17) is 17.0 Å². The number of thiazole rings is 1. The van der Waals surface area contributed by atoms with Crippen LogP contribution in [0.5, 0.6) is 5.88 Å². The van der Waals surface area contributed by atoms with Gasteiger partial charge >= 0.3 is 5.97 Å². The van der Waals surface area contributed by atoms with Crippen molar-refractivity contribution in [2.24, 2.45) is 4.99 Å². The summed E-state index contributed by atoms with van der Waals surface area (Å²) in [5.41, 5.74) is 3.46. The lowest BCUT2D eigenvalue weighted by atomic mass is 10.1. The minimum absolute atomic E-state index is 0.0578. The number of aromatic nitrogens is 1. The highest BCUT2D eigenvalue weighted by Crippen LogP contribution is 2.38. The molecule has 1 aliphatic rings. The summed E-state index contributed by atoms with van der Waals surface area (Å²) < 4.78 is 7.28. The number of aliphatic imine (C=N–C) groups is 1. The Kier molecular flexibility index (Phi) is 5.92. The molecule has 152 valence electrons. The molecule has 0 saturated carbocycles. The molecule has 0 fully saturated rings. The first-order chi connectivity index (χ1) is 14.6. The van der Waals surface area contributed by atoms with Crippen molar-refractivity contribution in [3.8, 4) is 5.88 Å². The van der Waals surface area contributed by atoms with Crippen molar-refractivity contribution in [1.29, 1.82) is 0 Å². The molecule has 0 amide bonds. The molecule has 0 aliphatic carbocycles. The van der Waals surface area contributed by atoms with E-state index < -0.39 is 12.0 Å². The summed E-state index contributed by atoms with van der Waals surface area (Å²) in [5, 5.41) is 11.0. The molecule has 1 unspecified atom stereocenters. The standard InChI is InChI=1S/C23H20N2O3S2/c1-2-12-28-22(27)20(15-8-4-3-5-9-15)25-21(26)19(30-23(25)29)13-16-14-24-18-11-7-6-10-17(16)18/h3-11,13-14,20,26H,2,12H2,1H3/b16-13+. The van der Waals surface area contributed by atoms with E-state index in [0.29, 0.717) is 27.4 Å². The maximum Gasteiger partial charge on any atom is 0.334 e. The van der Waals surface area contributed by atoms with E-state index in [1.54, 1.807) is 6.21 Å². The lowest BCUT2D eigenvalue weighted by Crippen LogP contribution is -2.23. The number of fused-ring (bicyclic) bond motifs is 1. The molecule has 3 aromatic rings. The second-order valence-electron chi connectivity index (χ2n) is 6.78. The molecule has 1 N–H and O–H groups in total. The van der Waals surface area contributed by atoms with E-state index in [0.717, 1.165) is 16.8 Å². The van der Waals surface area contributed by atoms with Gasteiger partial charge in [0.25, 0.3) is 0 Å². The molecule has 1 aromatic heterocycles. The number of esters is 1. The maximum absolute atomic E-state index is 12.9. The molecule has 1 aliphatic heterocycles. The average Bonchev–Trinajstić information content (AvgIpc) is 3.29. The fraction of sp³-hybridized carbons (Fsp3) is 0.174. The summed E-state index contributed by atoms with van der Waals surface area (Å²) in [5.74, 6) is -0.503. The lowest BCUT2D eigenvalue weighted by molar-refractivity contribution is -0.146. The summed E-state index contributed by atoms with van der Waals surface area (Å²) in [6.07, 6.45) is 4.33. The highest BCUT2D eigenvalue weighted by molar-refractivity contribution is 7.73. The van der Waals surface area contributed by atoms with Gasteiger partial charge in [0.2, 0.25) is 5.88 Å². The fourth-order valence-corrected chi connectivity index (χ4v) is 4.63. The Morgan fingerprint density at radius 3 is 2.73 bits per heavy atom. The van der Waals surface area contributed by atoms with Gasteiger partial charge < -0.3 is 9.84 Å². The molecule has 0 spiro atoms. The van der Waals surface area contributed by atoms with Gasteiger partial charge in [0.15, 0.2) is 10.00 Å². The van der Waals surface area contributed by atoms with Crippen molar-refractivity contribution in [1.82, 2.24) is 4.57 Å². The van der Waals surface area contributed by atoms with Crippen LogP contribution in [-0.2, 0) is 9.53 Å². The molecular weight excluding hydrogens is 416 g/mol.